The molecule has 0 bridgehead atoms. The largest absolute Gasteiger partial charge is 0.444 e. The maximum Gasteiger partial charge on any atom is 0.407 e. The lowest BCUT2D eigenvalue weighted by molar-refractivity contribution is 0.0528. The van der Waals surface area contributed by atoms with E-state index in [0.29, 0.717) is 18.7 Å². The van der Waals surface area contributed by atoms with Gasteiger partial charge in [-0.1, -0.05) is 29.8 Å². The molecule has 0 saturated heterocycles. The molecule has 96 valence electrons. The second kappa shape index (κ2) is 6.06. The van der Waals surface area contributed by atoms with E-state index in [4.69, 9.17) is 11.3 Å². The second-order valence-electron chi connectivity index (χ2n) is 4.96. The first-order valence-corrected chi connectivity index (χ1v) is 5.84. The molecule has 0 aliphatic rings. The predicted molar refractivity (Wildman–Crippen MR) is 70.6 cm³/mol. The molecule has 1 aromatic rings. The number of benzene rings is 1. The number of nitrogens with one attached hydrogen (secondary N) is 1. The number of rotatable bonds is 3. The highest BCUT2D eigenvalue weighted by Crippen LogP contribution is 2.13. The van der Waals surface area contributed by atoms with E-state index in [1.165, 1.54) is 0 Å². The summed E-state index contributed by atoms with van der Waals surface area (Å²) in [6, 6.07) is 7.36. The van der Waals surface area contributed by atoms with Crippen molar-refractivity contribution >= 4 is 11.8 Å². The highest BCUT2D eigenvalue weighted by molar-refractivity contribution is 5.67. The third-order valence-corrected chi connectivity index (χ3v) is 2.12. The smallest absolute Gasteiger partial charge is 0.407 e. The molecule has 1 aromatic carbocycles. The van der Waals surface area contributed by atoms with Gasteiger partial charge in [-0.15, -0.1) is 0 Å². The lowest BCUT2D eigenvalue weighted by Gasteiger charge is -2.19. The summed E-state index contributed by atoms with van der Waals surface area (Å²) in [5.41, 5.74) is 1.16. The third kappa shape index (κ3) is 5.35. The van der Waals surface area contributed by atoms with Crippen LogP contribution in [0.2, 0.25) is 0 Å². The fourth-order valence-corrected chi connectivity index (χ4v) is 1.40. The van der Waals surface area contributed by atoms with Crippen molar-refractivity contribution < 1.29 is 9.53 Å². The fraction of sp³-hybridized carbons (Fsp3) is 0.429. The number of nitrogens with zero attached hydrogens (tertiary/aromatic N) is 1. The zero-order valence-electron chi connectivity index (χ0n) is 11.0. The molecule has 0 unspecified atom stereocenters. The van der Waals surface area contributed by atoms with Crippen LogP contribution in [0.4, 0.5) is 10.5 Å². The molecule has 0 aliphatic carbocycles. The highest BCUT2D eigenvalue weighted by atomic mass is 16.6. The molecule has 1 rings (SSSR count). The molecule has 4 heteroatoms. The van der Waals surface area contributed by atoms with E-state index in [0.717, 1.165) is 5.56 Å². The average molecular weight is 246 g/mol. The average Bonchev–Trinajstić information content (AvgIpc) is 2.27. The van der Waals surface area contributed by atoms with Gasteiger partial charge in [-0.05, 0) is 27.2 Å². The number of alkyl carbamates (subject to hydrolysis) is 1. The molecule has 4 nitrogen and oxygen atoms in total. The molecule has 0 saturated carbocycles. The maximum absolute atomic E-state index is 11.4. The Labute approximate surface area is 108 Å². The Morgan fingerprint density at radius 1 is 1.44 bits per heavy atom. The minimum absolute atomic E-state index is 0.413. The zero-order chi connectivity index (χ0) is 13.6. The van der Waals surface area contributed by atoms with Crippen LogP contribution in [0.15, 0.2) is 24.3 Å². The Kier molecular flexibility index (Phi) is 4.73. The summed E-state index contributed by atoms with van der Waals surface area (Å²) < 4.78 is 5.12. The monoisotopic (exact) mass is 246 g/mol. The van der Waals surface area contributed by atoms with Crippen molar-refractivity contribution in [2.45, 2.75) is 32.8 Å². The Morgan fingerprint density at radius 2 is 2.17 bits per heavy atom. The molecule has 1 N–H and O–H groups in total. The summed E-state index contributed by atoms with van der Waals surface area (Å²) in [5, 5.41) is 2.69. The van der Waals surface area contributed by atoms with Gasteiger partial charge < -0.3 is 10.1 Å². The van der Waals surface area contributed by atoms with Gasteiger partial charge in [0.15, 0.2) is 5.69 Å². The third-order valence-electron chi connectivity index (χ3n) is 2.12. The van der Waals surface area contributed by atoms with Crippen LogP contribution in [0.3, 0.4) is 0 Å². The Hall–Kier alpha value is -2.02. The van der Waals surface area contributed by atoms with Crippen molar-refractivity contribution in [1.82, 2.24) is 5.32 Å². The van der Waals surface area contributed by atoms with Crippen LogP contribution in [0.1, 0.15) is 26.3 Å². The van der Waals surface area contributed by atoms with E-state index in [1.807, 2.05) is 39.0 Å². The quantitative estimate of drug-likeness (QED) is 0.831. The summed E-state index contributed by atoms with van der Waals surface area (Å²) >= 11 is 0. The van der Waals surface area contributed by atoms with Crippen LogP contribution in [0.5, 0.6) is 0 Å². The molecule has 1 amide bonds. The van der Waals surface area contributed by atoms with Gasteiger partial charge >= 0.3 is 6.09 Å². The van der Waals surface area contributed by atoms with E-state index >= 15 is 0 Å². The van der Waals surface area contributed by atoms with Gasteiger partial charge in [0.2, 0.25) is 0 Å². The first-order chi connectivity index (χ1) is 8.40. The number of hydrogen-bond donors (Lipinski definition) is 1. The van der Waals surface area contributed by atoms with Crippen molar-refractivity contribution in [3.05, 3.63) is 41.2 Å². The summed E-state index contributed by atoms with van der Waals surface area (Å²) in [6.45, 7) is 12.9. The minimum Gasteiger partial charge on any atom is -0.444 e. The summed E-state index contributed by atoms with van der Waals surface area (Å²) in [4.78, 5) is 14.8. The summed E-state index contributed by atoms with van der Waals surface area (Å²) in [7, 11) is 0. The number of amides is 1. The Balaban J connectivity index is 2.38. The molecular weight excluding hydrogens is 228 g/mol. The molecule has 0 aliphatic heterocycles. The zero-order valence-corrected chi connectivity index (χ0v) is 11.0. The van der Waals surface area contributed by atoms with Gasteiger partial charge in [-0.3, -0.25) is 0 Å². The number of hydrogen-bond acceptors (Lipinski definition) is 2. The van der Waals surface area contributed by atoms with Crippen molar-refractivity contribution in [2.75, 3.05) is 6.54 Å². The van der Waals surface area contributed by atoms with E-state index in [1.54, 1.807) is 6.07 Å². The van der Waals surface area contributed by atoms with E-state index in [9.17, 15) is 4.79 Å². The van der Waals surface area contributed by atoms with Gasteiger partial charge in [-0.2, -0.15) is 0 Å². The first kappa shape index (κ1) is 14.0. The molecule has 0 heterocycles. The van der Waals surface area contributed by atoms with Crippen LogP contribution in [0, 0.1) is 6.57 Å². The topological polar surface area (TPSA) is 42.7 Å². The standard InChI is InChI=1S/C14H18N2O2/c1-14(2,3)18-13(17)16-9-8-11-6-5-7-12(10-11)15-4/h5-7,10H,8-9H2,1-3H3,(H,16,17). The van der Waals surface area contributed by atoms with Gasteiger partial charge in [0, 0.05) is 6.54 Å². The molecule has 0 radical (unpaired) electrons. The normalized spacial score (nSPS) is 10.6. The second-order valence-corrected chi connectivity index (χ2v) is 4.96. The van der Waals surface area contributed by atoms with Crippen molar-refractivity contribution in [2.24, 2.45) is 0 Å². The van der Waals surface area contributed by atoms with Gasteiger partial charge in [-0.25, -0.2) is 9.64 Å². The number of ether oxygens (including phenoxy) is 1. The predicted octanol–water partition coefficient (Wildman–Crippen LogP) is 3.30. The first-order valence-electron chi connectivity index (χ1n) is 5.84. The van der Waals surface area contributed by atoms with Crippen LogP contribution < -0.4 is 5.32 Å². The fourth-order valence-electron chi connectivity index (χ4n) is 1.40. The van der Waals surface area contributed by atoms with Crippen molar-refractivity contribution in [3.8, 4) is 0 Å². The number of carbonyl (C=O) groups excluding carboxylic acids is 1. The number of carbonyl (C=O) groups is 1. The molecule has 0 atom stereocenters. The van der Waals surface area contributed by atoms with E-state index < -0.39 is 11.7 Å². The molecule has 0 spiro atoms. The lowest BCUT2D eigenvalue weighted by atomic mass is 10.1. The lowest BCUT2D eigenvalue weighted by Crippen LogP contribution is -2.33. The Bertz CT molecular complexity index is 456. The van der Waals surface area contributed by atoms with Gasteiger partial charge in [0.25, 0.3) is 0 Å². The SMILES string of the molecule is [C-]#[N+]c1cccc(CCNC(=O)OC(C)(C)C)c1. The molecule has 0 fully saturated rings. The Morgan fingerprint density at radius 3 is 2.78 bits per heavy atom. The van der Waals surface area contributed by atoms with Crippen molar-refractivity contribution in [3.63, 3.8) is 0 Å². The minimum atomic E-state index is -0.478. The molecular formula is C14H18N2O2. The molecule has 0 aromatic heterocycles. The summed E-state index contributed by atoms with van der Waals surface area (Å²) in [5.74, 6) is 0. The van der Waals surface area contributed by atoms with Gasteiger partial charge in [0.1, 0.15) is 5.60 Å². The van der Waals surface area contributed by atoms with Gasteiger partial charge in [0.05, 0.1) is 6.57 Å². The van der Waals surface area contributed by atoms with Crippen molar-refractivity contribution in [1.29, 1.82) is 0 Å². The van der Waals surface area contributed by atoms with Crippen LogP contribution in [-0.4, -0.2) is 18.2 Å². The van der Waals surface area contributed by atoms with Crippen LogP contribution in [0.25, 0.3) is 4.85 Å². The van der Waals surface area contributed by atoms with E-state index in [2.05, 4.69) is 10.2 Å². The maximum atomic E-state index is 11.4. The van der Waals surface area contributed by atoms with E-state index in [-0.39, 0.29) is 0 Å². The van der Waals surface area contributed by atoms with Crippen LogP contribution >= 0.6 is 0 Å². The highest BCUT2D eigenvalue weighted by Gasteiger charge is 2.15. The summed E-state index contributed by atoms with van der Waals surface area (Å²) in [6.07, 6.45) is 0.270. The van der Waals surface area contributed by atoms with Crippen LogP contribution in [-0.2, 0) is 11.2 Å². The molecule has 18 heavy (non-hydrogen) atoms.